The van der Waals surface area contributed by atoms with E-state index in [1.807, 2.05) is 48.5 Å². The predicted molar refractivity (Wildman–Crippen MR) is 152 cm³/mol. The van der Waals surface area contributed by atoms with Gasteiger partial charge in [-0.2, -0.15) is 5.26 Å². The van der Waals surface area contributed by atoms with Crippen molar-refractivity contribution in [3.05, 3.63) is 95.6 Å². The highest BCUT2D eigenvalue weighted by Gasteiger charge is 2.33. The van der Waals surface area contributed by atoms with Gasteiger partial charge in [0.2, 0.25) is 0 Å². The van der Waals surface area contributed by atoms with Crippen LogP contribution in [0.4, 0.5) is 5.82 Å². The Balaban J connectivity index is 1.54. The monoisotopic (exact) mass is 501 g/mol. The maximum Gasteiger partial charge on any atom is 0.157 e. The molecule has 1 saturated heterocycles. The Hall–Kier alpha value is -4.34. The molecule has 3 aromatic carbocycles. The fourth-order valence-electron chi connectivity index (χ4n) is 5.72. The van der Waals surface area contributed by atoms with E-state index in [-0.39, 0.29) is 6.17 Å². The molecule has 6 rings (SSSR count). The molecule has 0 aliphatic carbocycles. The molecule has 0 bridgehead atoms. The lowest BCUT2D eigenvalue weighted by Gasteiger charge is -2.34. The molecule has 0 spiro atoms. The second-order valence-corrected chi connectivity index (χ2v) is 10.1. The number of hydrogen-bond donors (Lipinski definition) is 0. The van der Waals surface area contributed by atoms with E-state index in [9.17, 15) is 5.26 Å². The Kier molecular flexibility index (Phi) is 6.22. The molecule has 38 heavy (non-hydrogen) atoms. The minimum atomic E-state index is 0.263. The molecule has 190 valence electrons. The van der Waals surface area contributed by atoms with Gasteiger partial charge in [0.1, 0.15) is 24.2 Å². The average molecular weight is 502 g/mol. The van der Waals surface area contributed by atoms with Crippen LogP contribution in [-0.4, -0.2) is 41.1 Å². The summed E-state index contributed by atoms with van der Waals surface area (Å²) in [7, 11) is 4.28. The van der Waals surface area contributed by atoms with Gasteiger partial charge >= 0.3 is 0 Å². The highest BCUT2D eigenvalue weighted by Crippen LogP contribution is 2.42. The molecule has 5 aromatic rings. The van der Waals surface area contributed by atoms with Crippen molar-refractivity contribution < 1.29 is 4.74 Å². The van der Waals surface area contributed by atoms with Gasteiger partial charge in [-0.05, 0) is 74.8 Å². The van der Waals surface area contributed by atoms with Crippen LogP contribution in [0.15, 0.2) is 78.9 Å². The van der Waals surface area contributed by atoms with Gasteiger partial charge in [-0.3, -0.25) is 9.30 Å². The van der Waals surface area contributed by atoms with Crippen molar-refractivity contribution in [2.45, 2.75) is 32.5 Å². The van der Waals surface area contributed by atoms with Crippen LogP contribution in [0.1, 0.15) is 29.5 Å². The van der Waals surface area contributed by atoms with Crippen LogP contribution in [0, 0.1) is 18.3 Å². The second kappa shape index (κ2) is 9.85. The molecule has 1 atom stereocenters. The summed E-state index contributed by atoms with van der Waals surface area (Å²) in [5.74, 6) is 1.91. The quantitative estimate of drug-likeness (QED) is 0.269. The minimum Gasteiger partial charge on any atom is -0.489 e. The minimum absolute atomic E-state index is 0.263. The van der Waals surface area contributed by atoms with E-state index in [1.165, 1.54) is 0 Å². The maximum absolute atomic E-state index is 10.3. The molecule has 1 unspecified atom stereocenters. The zero-order chi connectivity index (χ0) is 26.2. The molecule has 6 nitrogen and oxygen atoms in total. The molecule has 3 heterocycles. The number of nitrogens with zero attached hydrogens (tertiary/aromatic N) is 5. The lowest BCUT2D eigenvalue weighted by atomic mass is 9.97. The first kappa shape index (κ1) is 24.0. The van der Waals surface area contributed by atoms with Crippen LogP contribution in [0.3, 0.4) is 0 Å². The van der Waals surface area contributed by atoms with E-state index >= 15 is 0 Å². The Bertz CT molecular complexity index is 1650. The summed E-state index contributed by atoms with van der Waals surface area (Å²) >= 11 is 0. The third kappa shape index (κ3) is 4.06. The highest BCUT2D eigenvalue weighted by molar-refractivity contribution is 5.92. The summed E-state index contributed by atoms with van der Waals surface area (Å²) in [5, 5.41) is 10.3. The van der Waals surface area contributed by atoms with E-state index in [1.54, 1.807) is 0 Å². The maximum atomic E-state index is 10.3. The first-order valence-corrected chi connectivity index (χ1v) is 13.1. The van der Waals surface area contributed by atoms with Gasteiger partial charge in [-0.1, -0.05) is 54.6 Å². The summed E-state index contributed by atoms with van der Waals surface area (Å²) in [6.07, 6.45) is 2.46. The number of para-hydroxylation sites is 2. The van der Waals surface area contributed by atoms with Crippen molar-refractivity contribution in [2.75, 3.05) is 25.5 Å². The van der Waals surface area contributed by atoms with Gasteiger partial charge in [-0.25, -0.2) is 4.98 Å². The molecular weight excluding hydrogens is 470 g/mol. The molecule has 0 saturated carbocycles. The first-order chi connectivity index (χ1) is 18.6. The third-order valence-electron chi connectivity index (χ3n) is 7.56. The van der Waals surface area contributed by atoms with E-state index in [4.69, 9.17) is 9.72 Å². The Labute approximate surface area is 223 Å². The summed E-state index contributed by atoms with van der Waals surface area (Å²) in [6, 6.07) is 29.1. The summed E-state index contributed by atoms with van der Waals surface area (Å²) in [5.41, 5.74) is 7.46. The number of ether oxygens (including phenoxy) is 1. The fourth-order valence-corrected chi connectivity index (χ4v) is 5.72. The van der Waals surface area contributed by atoms with Gasteiger partial charge < -0.3 is 9.64 Å². The zero-order valence-electron chi connectivity index (χ0n) is 22.1. The number of nitriles is 1. The molecule has 0 N–H and O–H groups in total. The van der Waals surface area contributed by atoms with Gasteiger partial charge in [0.25, 0.3) is 0 Å². The van der Waals surface area contributed by atoms with Gasteiger partial charge in [0.05, 0.1) is 22.8 Å². The largest absolute Gasteiger partial charge is 0.489 e. The average Bonchev–Trinajstić information content (AvgIpc) is 3.58. The van der Waals surface area contributed by atoms with Crippen molar-refractivity contribution in [2.24, 2.45) is 0 Å². The number of benzene rings is 3. The van der Waals surface area contributed by atoms with E-state index in [0.717, 1.165) is 69.9 Å². The molecule has 2 aromatic heterocycles. The van der Waals surface area contributed by atoms with Crippen molar-refractivity contribution in [1.29, 1.82) is 5.26 Å². The molecule has 6 heteroatoms. The third-order valence-corrected chi connectivity index (χ3v) is 7.56. The zero-order valence-corrected chi connectivity index (χ0v) is 22.1. The summed E-state index contributed by atoms with van der Waals surface area (Å²) in [6.45, 7) is 3.52. The van der Waals surface area contributed by atoms with Crippen molar-refractivity contribution in [1.82, 2.24) is 14.3 Å². The van der Waals surface area contributed by atoms with Crippen molar-refractivity contribution >= 4 is 22.5 Å². The SMILES string of the molecule is Cc1c(-c2ccc(OCc3ccccc3)cc2)c(N2CCCC2N(C)C)n2c(nc3ccccc32)c1C#N. The fraction of sp³-hybridized carbons (Fsp3) is 0.250. The predicted octanol–water partition coefficient (Wildman–Crippen LogP) is 6.40. The first-order valence-electron chi connectivity index (χ1n) is 13.1. The van der Waals surface area contributed by atoms with Gasteiger partial charge in [-0.15, -0.1) is 0 Å². The second-order valence-electron chi connectivity index (χ2n) is 10.1. The molecule has 0 radical (unpaired) electrons. The Morgan fingerprint density at radius 1 is 1.00 bits per heavy atom. The standard InChI is InChI=1S/C32H31N5O/c1-22-26(20-33)31-34-27-12-7-8-13-28(27)37(31)32(36-19-9-14-29(36)35(2)3)30(22)24-15-17-25(18-16-24)38-21-23-10-5-4-6-11-23/h4-8,10-13,15-18,29H,9,14,19,21H2,1-3H3. The number of pyridine rings is 1. The van der Waals surface area contributed by atoms with Crippen molar-refractivity contribution in [3.63, 3.8) is 0 Å². The lowest BCUT2D eigenvalue weighted by molar-refractivity contribution is 0.300. The lowest BCUT2D eigenvalue weighted by Crippen LogP contribution is -2.41. The molecule has 1 aliphatic rings. The van der Waals surface area contributed by atoms with Crippen LogP contribution in [0.2, 0.25) is 0 Å². The number of aromatic nitrogens is 2. The van der Waals surface area contributed by atoms with E-state index in [0.29, 0.717) is 12.2 Å². The van der Waals surface area contributed by atoms with Crippen molar-refractivity contribution in [3.8, 4) is 22.9 Å². The Morgan fingerprint density at radius 3 is 2.47 bits per heavy atom. The van der Waals surface area contributed by atoms with Crippen LogP contribution in [-0.2, 0) is 6.61 Å². The smallest absolute Gasteiger partial charge is 0.157 e. The number of fused-ring (bicyclic) bond motifs is 3. The van der Waals surface area contributed by atoms with Gasteiger partial charge in [0, 0.05) is 12.1 Å². The molecule has 1 aliphatic heterocycles. The molecular formula is C32H31N5O. The summed E-state index contributed by atoms with van der Waals surface area (Å²) < 4.78 is 8.27. The van der Waals surface area contributed by atoms with E-state index < -0.39 is 0 Å². The topological polar surface area (TPSA) is 56.8 Å². The van der Waals surface area contributed by atoms with Crippen LogP contribution in [0.5, 0.6) is 5.75 Å². The van der Waals surface area contributed by atoms with E-state index in [2.05, 4.69) is 71.6 Å². The molecule has 0 amide bonds. The highest BCUT2D eigenvalue weighted by atomic mass is 16.5. The van der Waals surface area contributed by atoms with Gasteiger partial charge in [0.15, 0.2) is 5.65 Å². The number of rotatable bonds is 6. The number of hydrogen-bond acceptors (Lipinski definition) is 5. The summed E-state index contributed by atoms with van der Waals surface area (Å²) in [4.78, 5) is 9.71. The normalized spacial score (nSPS) is 15.4. The number of imidazole rings is 1. The molecule has 1 fully saturated rings. The van der Waals surface area contributed by atoms with Crippen LogP contribution < -0.4 is 9.64 Å². The van der Waals surface area contributed by atoms with Crippen LogP contribution in [0.25, 0.3) is 27.8 Å². The van der Waals surface area contributed by atoms with Crippen LogP contribution >= 0.6 is 0 Å². The Morgan fingerprint density at radius 2 is 1.74 bits per heavy atom. The number of anilines is 1.